The number of benzene rings is 1. The van der Waals surface area contributed by atoms with Crippen molar-refractivity contribution in [1.29, 1.82) is 0 Å². The maximum atomic E-state index is 12.4. The maximum Gasteiger partial charge on any atom is 0.305 e. The number of carbonyl (C=O) groups excluding carboxylic acids is 1. The van der Waals surface area contributed by atoms with E-state index >= 15 is 0 Å². The van der Waals surface area contributed by atoms with Gasteiger partial charge in [-0.05, 0) is 12.1 Å². The monoisotopic (exact) mass is 304 g/mol. The summed E-state index contributed by atoms with van der Waals surface area (Å²) in [6, 6.07) is 6.92. The third-order valence-electron chi connectivity index (χ3n) is 3.56. The van der Waals surface area contributed by atoms with Crippen LogP contribution in [0.4, 0.5) is 0 Å². The van der Waals surface area contributed by atoms with Crippen LogP contribution >= 0.6 is 0 Å². The van der Waals surface area contributed by atoms with E-state index in [-0.39, 0.29) is 25.5 Å². The summed E-state index contributed by atoms with van der Waals surface area (Å²) in [5.74, 6) is -1.15. The van der Waals surface area contributed by atoms with Gasteiger partial charge in [-0.15, -0.1) is 0 Å². The van der Waals surface area contributed by atoms with Crippen LogP contribution in [0, 0.1) is 0 Å². The van der Waals surface area contributed by atoms with E-state index in [1.807, 2.05) is 24.3 Å². The molecular weight excluding hydrogens is 288 g/mol. The number of aliphatic carboxylic acids is 1. The number of rotatable bonds is 4. The van der Waals surface area contributed by atoms with Crippen LogP contribution in [0.3, 0.4) is 0 Å². The second kappa shape index (κ2) is 6.10. The third kappa shape index (κ3) is 3.06. The maximum absolute atomic E-state index is 12.4. The molecule has 8 nitrogen and oxygen atoms in total. The lowest BCUT2D eigenvalue weighted by Gasteiger charge is -2.34. The fraction of sp³-hybridized carbons (Fsp3) is 0.429. The summed E-state index contributed by atoms with van der Waals surface area (Å²) in [7, 11) is 0. The minimum atomic E-state index is -0.948. The van der Waals surface area contributed by atoms with E-state index in [2.05, 4.69) is 10.2 Å². The zero-order valence-electron chi connectivity index (χ0n) is 11.9. The molecule has 0 bridgehead atoms. The summed E-state index contributed by atoms with van der Waals surface area (Å²) in [6.07, 6.45) is -0.125. The van der Waals surface area contributed by atoms with Gasteiger partial charge in [0.05, 0.1) is 25.7 Å². The number of ether oxygens (including phenoxy) is 1. The molecular formula is C14H16N4O4. The van der Waals surface area contributed by atoms with Crippen molar-refractivity contribution < 1.29 is 19.4 Å². The van der Waals surface area contributed by atoms with Crippen molar-refractivity contribution in [1.82, 2.24) is 19.9 Å². The molecule has 116 valence electrons. The molecule has 1 N–H and O–H groups in total. The van der Waals surface area contributed by atoms with Gasteiger partial charge in [0.15, 0.2) is 0 Å². The molecule has 8 heteroatoms. The first-order valence-corrected chi connectivity index (χ1v) is 7.02. The van der Waals surface area contributed by atoms with E-state index in [0.29, 0.717) is 13.2 Å². The molecule has 1 aromatic carbocycles. The van der Waals surface area contributed by atoms with Gasteiger partial charge in [0.2, 0.25) is 5.91 Å². The zero-order chi connectivity index (χ0) is 15.5. The molecule has 3 rings (SSSR count). The second-order valence-corrected chi connectivity index (χ2v) is 5.13. The minimum absolute atomic E-state index is 0.00913. The number of carboxylic acid groups (broad SMARTS) is 1. The Bertz CT molecular complexity index is 666. The molecule has 0 saturated carbocycles. The van der Waals surface area contributed by atoms with E-state index in [9.17, 15) is 9.59 Å². The predicted molar refractivity (Wildman–Crippen MR) is 76.1 cm³/mol. The van der Waals surface area contributed by atoms with E-state index in [4.69, 9.17) is 9.84 Å². The molecule has 0 spiro atoms. The van der Waals surface area contributed by atoms with E-state index in [0.717, 1.165) is 11.0 Å². The number of carboxylic acids is 1. The Kier molecular flexibility index (Phi) is 4.01. The van der Waals surface area contributed by atoms with E-state index in [1.54, 1.807) is 4.90 Å². The summed E-state index contributed by atoms with van der Waals surface area (Å²) in [4.78, 5) is 26.2. The molecule has 0 radical (unpaired) electrons. The highest BCUT2D eigenvalue weighted by atomic mass is 16.5. The highest BCUT2D eigenvalue weighted by Crippen LogP contribution is 2.12. The van der Waals surface area contributed by atoms with Crippen LogP contribution in [0.25, 0.3) is 11.0 Å². The molecule has 1 aliphatic rings. The van der Waals surface area contributed by atoms with Crippen molar-refractivity contribution >= 4 is 22.9 Å². The van der Waals surface area contributed by atoms with Crippen molar-refractivity contribution in [3.63, 3.8) is 0 Å². The molecule has 0 unspecified atom stereocenters. The first-order chi connectivity index (χ1) is 10.6. The van der Waals surface area contributed by atoms with Crippen LogP contribution in [0.5, 0.6) is 0 Å². The highest BCUT2D eigenvalue weighted by molar-refractivity contribution is 5.78. The number of fused-ring (bicyclic) bond motifs is 1. The number of aromatic nitrogens is 3. The first kappa shape index (κ1) is 14.5. The summed E-state index contributed by atoms with van der Waals surface area (Å²) in [5, 5.41) is 17.4. The standard InChI is InChI=1S/C14H16N4O4/c19-13(17-5-6-22-9-10(17)7-14(20)21)8-18-15-11-3-1-2-4-12(11)16-18/h1-4,10H,5-9H2,(H,20,21)/t10-/m1/s1. The SMILES string of the molecule is O=C(O)C[C@@H]1COCCN1C(=O)Cn1nc2ccccc2n1. The van der Waals surface area contributed by atoms with Gasteiger partial charge in [-0.3, -0.25) is 9.59 Å². The van der Waals surface area contributed by atoms with Crippen molar-refractivity contribution in [3.05, 3.63) is 24.3 Å². The normalized spacial score (nSPS) is 18.5. The lowest BCUT2D eigenvalue weighted by molar-refractivity contribution is -0.146. The summed E-state index contributed by atoms with van der Waals surface area (Å²) < 4.78 is 5.27. The Morgan fingerprint density at radius 1 is 1.27 bits per heavy atom. The Morgan fingerprint density at radius 2 is 1.95 bits per heavy atom. The van der Waals surface area contributed by atoms with E-state index in [1.165, 1.54) is 4.80 Å². The van der Waals surface area contributed by atoms with Crippen LogP contribution in [-0.4, -0.2) is 62.7 Å². The Hall–Kier alpha value is -2.48. The quantitative estimate of drug-likeness (QED) is 0.862. The van der Waals surface area contributed by atoms with Crippen LogP contribution in [-0.2, 0) is 20.9 Å². The van der Waals surface area contributed by atoms with Gasteiger partial charge in [0.1, 0.15) is 17.6 Å². The third-order valence-corrected chi connectivity index (χ3v) is 3.56. The fourth-order valence-corrected chi connectivity index (χ4v) is 2.54. The molecule has 2 heterocycles. The fourth-order valence-electron chi connectivity index (χ4n) is 2.54. The van der Waals surface area contributed by atoms with Crippen molar-refractivity contribution in [2.75, 3.05) is 19.8 Å². The van der Waals surface area contributed by atoms with Gasteiger partial charge >= 0.3 is 5.97 Å². The molecule has 2 aromatic rings. The Morgan fingerprint density at radius 3 is 2.59 bits per heavy atom. The summed E-state index contributed by atoms with van der Waals surface area (Å²) >= 11 is 0. The zero-order valence-corrected chi connectivity index (χ0v) is 11.9. The molecule has 1 atom stereocenters. The molecule has 1 fully saturated rings. The van der Waals surface area contributed by atoms with Gasteiger partial charge < -0.3 is 14.7 Å². The summed E-state index contributed by atoms with van der Waals surface area (Å²) in [5.41, 5.74) is 1.44. The number of hydrogen-bond donors (Lipinski definition) is 1. The number of carbonyl (C=O) groups is 2. The van der Waals surface area contributed by atoms with Crippen LogP contribution < -0.4 is 0 Å². The summed E-state index contributed by atoms with van der Waals surface area (Å²) in [6.45, 7) is 1.03. The molecule has 0 aliphatic carbocycles. The average molecular weight is 304 g/mol. The molecule has 1 amide bonds. The Balaban J connectivity index is 1.72. The van der Waals surface area contributed by atoms with Gasteiger partial charge in [0.25, 0.3) is 0 Å². The molecule has 22 heavy (non-hydrogen) atoms. The number of nitrogens with zero attached hydrogens (tertiary/aromatic N) is 4. The van der Waals surface area contributed by atoms with Gasteiger partial charge in [-0.2, -0.15) is 15.0 Å². The number of morpholine rings is 1. The molecule has 1 aliphatic heterocycles. The average Bonchev–Trinajstić information content (AvgIpc) is 2.89. The highest BCUT2D eigenvalue weighted by Gasteiger charge is 2.29. The lowest BCUT2D eigenvalue weighted by atomic mass is 10.1. The number of hydrogen-bond acceptors (Lipinski definition) is 5. The lowest BCUT2D eigenvalue weighted by Crippen LogP contribution is -2.50. The van der Waals surface area contributed by atoms with E-state index < -0.39 is 12.0 Å². The minimum Gasteiger partial charge on any atom is -0.481 e. The van der Waals surface area contributed by atoms with Crippen molar-refractivity contribution in [2.45, 2.75) is 19.0 Å². The van der Waals surface area contributed by atoms with Gasteiger partial charge in [-0.25, -0.2) is 0 Å². The van der Waals surface area contributed by atoms with Crippen LogP contribution in [0.2, 0.25) is 0 Å². The first-order valence-electron chi connectivity index (χ1n) is 7.02. The Labute approximate surface area is 126 Å². The predicted octanol–water partition coefficient (Wildman–Crippen LogP) is 0.133. The van der Waals surface area contributed by atoms with Crippen LogP contribution in [0.15, 0.2) is 24.3 Å². The number of amides is 1. The van der Waals surface area contributed by atoms with Gasteiger partial charge in [0, 0.05) is 6.54 Å². The largest absolute Gasteiger partial charge is 0.481 e. The topological polar surface area (TPSA) is 97.6 Å². The van der Waals surface area contributed by atoms with Crippen LogP contribution in [0.1, 0.15) is 6.42 Å². The van der Waals surface area contributed by atoms with Crippen molar-refractivity contribution in [2.24, 2.45) is 0 Å². The molecule has 1 saturated heterocycles. The smallest absolute Gasteiger partial charge is 0.305 e. The molecule has 1 aromatic heterocycles. The second-order valence-electron chi connectivity index (χ2n) is 5.13. The van der Waals surface area contributed by atoms with Gasteiger partial charge in [-0.1, -0.05) is 12.1 Å². The van der Waals surface area contributed by atoms with Crippen molar-refractivity contribution in [3.8, 4) is 0 Å².